The summed E-state index contributed by atoms with van der Waals surface area (Å²) in [4.78, 5) is 27.0. The quantitative estimate of drug-likeness (QED) is 0.239. The molecule has 0 heterocycles. The van der Waals surface area contributed by atoms with E-state index in [1.165, 1.54) is 0 Å². The Hall–Kier alpha value is 1.29. The third kappa shape index (κ3) is 313. The second kappa shape index (κ2) is 43.2. The molecule has 0 aromatic carbocycles. The predicted molar refractivity (Wildman–Crippen MR) is 86.2 cm³/mol. The molecule has 0 aromatic heterocycles. The smallest absolute Gasteiger partial charge is 0.300 e. The molecule has 0 aliphatic carbocycles. The average Bonchev–Trinajstić information content (AvgIpc) is 2.15. The molecular formula is C10H24N2Na3O7. The molecule has 0 bridgehead atoms. The van der Waals surface area contributed by atoms with Gasteiger partial charge in [-0.25, -0.2) is 0 Å². The van der Waals surface area contributed by atoms with Gasteiger partial charge in [-0.2, -0.15) is 0 Å². The van der Waals surface area contributed by atoms with Crippen LogP contribution in [0, 0.1) is 0 Å². The first-order chi connectivity index (χ1) is 8.61. The summed E-state index contributed by atoms with van der Waals surface area (Å²) in [5.74, 6) is -2.50. The maximum Gasteiger partial charge on any atom is 0.300 e. The van der Waals surface area contributed by atoms with E-state index in [9.17, 15) is 0 Å². The minimum absolute atomic E-state index is 0. The van der Waals surface area contributed by atoms with Crippen LogP contribution in [-0.2, 0) is 14.4 Å². The van der Waals surface area contributed by atoms with Crippen molar-refractivity contribution in [3.63, 3.8) is 0 Å². The molecule has 0 rings (SSSR count). The van der Waals surface area contributed by atoms with Gasteiger partial charge in [0, 0.05) is 129 Å². The second-order valence-corrected chi connectivity index (χ2v) is 2.82. The van der Waals surface area contributed by atoms with E-state index in [1.54, 1.807) is 0 Å². The fourth-order valence-corrected chi connectivity index (χ4v) is 0.306. The third-order valence-corrected chi connectivity index (χ3v) is 0.610. The standard InChI is InChI=1S/C4H12N2O.3C2H4O2.3Na/c5-1-2-6-3-4-7;3*1-2(3)4;;;/h6-7H,1-5H2;3*1H3,(H,3,4);;;. The van der Waals surface area contributed by atoms with E-state index in [4.69, 9.17) is 40.5 Å². The number of nitrogens with one attached hydrogen (secondary N) is 1. The first-order valence-electron chi connectivity index (χ1n) is 5.21. The summed E-state index contributed by atoms with van der Waals surface area (Å²) in [7, 11) is 0. The fraction of sp³-hybridized carbons (Fsp3) is 0.700. The molecule has 0 atom stereocenters. The topological polar surface area (TPSA) is 170 Å². The van der Waals surface area contributed by atoms with Crippen molar-refractivity contribution >= 4 is 107 Å². The molecule has 0 spiro atoms. The fourth-order valence-electron chi connectivity index (χ4n) is 0.306. The van der Waals surface area contributed by atoms with E-state index in [1.807, 2.05) is 0 Å². The summed E-state index contributed by atoms with van der Waals surface area (Å²) < 4.78 is 0. The monoisotopic (exact) mass is 353 g/mol. The van der Waals surface area contributed by atoms with Crippen LogP contribution in [0.1, 0.15) is 20.8 Å². The molecule has 0 saturated heterocycles. The zero-order chi connectivity index (χ0) is 16.3. The van der Waals surface area contributed by atoms with Crippen LogP contribution in [0.2, 0.25) is 0 Å². The largest absolute Gasteiger partial charge is 0.481 e. The van der Waals surface area contributed by atoms with Crippen molar-refractivity contribution in [1.82, 2.24) is 5.32 Å². The molecule has 7 N–H and O–H groups in total. The molecular weight excluding hydrogens is 329 g/mol. The number of hydrogen-bond donors (Lipinski definition) is 6. The van der Waals surface area contributed by atoms with E-state index in [-0.39, 0.29) is 95.3 Å². The van der Waals surface area contributed by atoms with Gasteiger partial charge in [-0.05, 0) is 0 Å². The number of aliphatic hydroxyl groups excluding tert-OH is 1. The van der Waals surface area contributed by atoms with Gasteiger partial charge < -0.3 is 31.5 Å². The zero-order valence-corrected chi connectivity index (χ0v) is 20.4. The molecule has 0 aliphatic rings. The summed E-state index contributed by atoms with van der Waals surface area (Å²) in [5.41, 5.74) is 5.13. The maximum absolute atomic E-state index is 9.00. The van der Waals surface area contributed by atoms with Gasteiger partial charge in [0.2, 0.25) is 0 Å². The minimum Gasteiger partial charge on any atom is -0.481 e. The Bertz CT molecular complexity index is 190. The van der Waals surface area contributed by atoms with Crippen molar-refractivity contribution in [3.8, 4) is 0 Å². The molecule has 0 aromatic rings. The number of aliphatic carboxylic acids is 3. The molecule has 12 heteroatoms. The van der Waals surface area contributed by atoms with Gasteiger partial charge in [0.15, 0.2) is 0 Å². The molecule has 0 aliphatic heterocycles. The Labute approximate surface area is 197 Å². The van der Waals surface area contributed by atoms with Gasteiger partial charge in [-0.3, -0.25) is 14.4 Å². The van der Waals surface area contributed by atoms with Crippen LogP contribution >= 0.6 is 0 Å². The van der Waals surface area contributed by atoms with Gasteiger partial charge >= 0.3 is 0 Å². The van der Waals surface area contributed by atoms with Crippen molar-refractivity contribution in [2.45, 2.75) is 20.8 Å². The number of carbonyl (C=O) groups is 3. The van der Waals surface area contributed by atoms with Crippen molar-refractivity contribution in [3.05, 3.63) is 0 Å². The Kier molecular flexibility index (Phi) is 85.7. The van der Waals surface area contributed by atoms with Gasteiger partial charge in [-0.1, -0.05) is 0 Å². The molecule has 0 fully saturated rings. The number of aliphatic hydroxyl groups is 1. The summed E-state index contributed by atoms with van der Waals surface area (Å²) in [5, 5.41) is 33.3. The van der Waals surface area contributed by atoms with E-state index in [0.717, 1.165) is 27.3 Å². The number of hydrogen-bond acceptors (Lipinski definition) is 6. The average molecular weight is 353 g/mol. The van der Waals surface area contributed by atoms with Crippen molar-refractivity contribution < 1.29 is 34.8 Å². The number of rotatable bonds is 4. The maximum atomic E-state index is 9.00. The molecule has 119 valence electrons. The normalized spacial score (nSPS) is 6.41. The Morgan fingerprint density at radius 2 is 1.05 bits per heavy atom. The molecule has 22 heavy (non-hydrogen) atoms. The van der Waals surface area contributed by atoms with Crippen LogP contribution in [0.4, 0.5) is 0 Å². The van der Waals surface area contributed by atoms with E-state index in [0.29, 0.717) is 13.1 Å². The van der Waals surface area contributed by atoms with Crippen molar-refractivity contribution in [2.24, 2.45) is 5.73 Å². The van der Waals surface area contributed by atoms with Gasteiger partial charge in [0.25, 0.3) is 17.9 Å². The minimum atomic E-state index is -0.833. The number of carboxylic acid groups (broad SMARTS) is 3. The first-order valence-corrected chi connectivity index (χ1v) is 5.21. The van der Waals surface area contributed by atoms with E-state index < -0.39 is 17.9 Å². The van der Waals surface area contributed by atoms with Crippen LogP contribution < -0.4 is 11.1 Å². The van der Waals surface area contributed by atoms with Crippen LogP contribution in [0.3, 0.4) is 0 Å². The van der Waals surface area contributed by atoms with Crippen LogP contribution in [0.15, 0.2) is 0 Å². The van der Waals surface area contributed by atoms with Crippen LogP contribution in [0.25, 0.3) is 0 Å². The third-order valence-electron chi connectivity index (χ3n) is 0.610. The second-order valence-electron chi connectivity index (χ2n) is 2.82. The Morgan fingerprint density at radius 1 is 0.818 bits per heavy atom. The Morgan fingerprint density at radius 3 is 1.18 bits per heavy atom. The number of nitrogens with two attached hydrogens (primary N) is 1. The van der Waals surface area contributed by atoms with E-state index in [2.05, 4.69) is 5.32 Å². The van der Waals surface area contributed by atoms with Crippen molar-refractivity contribution in [2.75, 3.05) is 26.2 Å². The molecule has 0 unspecified atom stereocenters. The summed E-state index contributed by atoms with van der Waals surface area (Å²) in [6, 6.07) is 0. The summed E-state index contributed by atoms with van der Waals surface area (Å²) in [6.45, 7) is 5.53. The van der Waals surface area contributed by atoms with Gasteiger partial charge in [0.05, 0.1) is 6.61 Å². The number of carboxylic acids is 3. The van der Waals surface area contributed by atoms with Crippen molar-refractivity contribution in [1.29, 1.82) is 0 Å². The first kappa shape index (κ1) is 43.6. The molecule has 3 radical (unpaired) electrons. The van der Waals surface area contributed by atoms with Gasteiger partial charge in [-0.15, -0.1) is 0 Å². The Balaban J connectivity index is -0.0000000270. The van der Waals surface area contributed by atoms with Crippen LogP contribution in [0.5, 0.6) is 0 Å². The zero-order valence-electron chi connectivity index (χ0n) is 14.4. The summed E-state index contributed by atoms with van der Waals surface area (Å²) in [6.07, 6.45) is 0. The SMILES string of the molecule is CC(=O)O.CC(=O)O.CC(=O)O.NCCNCCO.[Na].[Na].[Na]. The van der Waals surface area contributed by atoms with Gasteiger partial charge in [0.1, 0.15) is 0 Å². The van der Waals surface area contributed by atoms with Crippen LogP contribution in [-0.4, -0.2) is 153 Å². The molecule has 0 amide bonds. The van der Waals surface area contributed by atoms with E-state index >= 15 is 0 Å². The molecule has 9 nitrogen and oxygen atoms in total. The predicted octanol–water partition coefficient (Wildman–Crippen LogP) is -2.34. The summed E-state index contributed by atoms with van der Waals surface area (Å²) >= 11 is 0. The molecule has 0 saturated carbocycles.